The lowest BCUT2D eigenvalue weighted by Gasteiger charge is -2.37. The van der Waals surface area contributed by atoms with E-state index in [1.165, 1.54) is 24.9 Å². The number of carbonyl (C=O) groups is 1. The number of hydrogen-bond donors (Lipinski definition) is 0. The standard InChI is InChI=1S/C21H30N2O2/c24-21(20(19-6-7-19)18-4-2-1-3-5-18)23-10-8-17(9-11-23)16-22-12-14-25-15-13-22/h1-5,17,19-20H,6-16H2. The summed E-state index contributed by atoms with van der Waals surface area (Å²) in [5.74, 6) is 1.77. The largest absolute Gasteiger partial charge is 0.379 e. The third-order valence-corrected chi connectivity index (χ3v) is 6.06. The van der Waals surface area contributed by atoms with Crippen LogP contribution in [0.25, 0.3) is 0 Å². The second-order valence-electron chi connectivity index (χ2n) is 7.91. The van der Waals surface area contributed by atoms with Gasteiger partial charge in [-0.05, 0) is 43.1 Å². The molecule has 3 fully saturated rings. The van der Waals surface area contributed by atoms with E-state index < -0.39 is 0 Å². The van der Waals surface area contributed by atoms with Crippen molar-refractivity contribution in [1.82, 2.24) is 9.80 Å². The average Bonchev–Trinajstić information content (AvgIpc) is 3.49. The molecule has 4 heteroatoms. The molecule has 4 nitrogen and oxygen atoms in total. The first-order valence-corrected chi connectivity index (χ1v) is 9.95. The second-order valence-corrected chi connectivity index (χ2v) is 7.91. The van der Waals surface area contributed by atoms with Gasteiger partial charge in [-0.25, -0.2) is 0 Å². The monoisotopic (exact) mass is 342 g/mol. The molecule has 3 aliphatic rings. The Morgan fingerprint density at radius 1 is 1.00 bits per heavy atom. The maximum absolute atomic E-state index is 13.2. The van der Waals surface area contributed by atoms with Crippen molar-refractivity contribution in [3.8, 4) is 0 Å². The molecule has 1 aromatic rings. The third kappa shape index (κ3) is 4.24. The zero-order chi connectivity index (χ0) is 17.1. The highest BCUT2D eigenvalue weighted by Gasteiger charge is 2.40. The van der Waals surface area contributed by atoms with Crippen LogP contribution in [-0.2, 0) is 9.53 Å². The first-order chi connectivity index (χ1) is 12.3. The van der Waals surface area contributed by atoms with Gasteiger partial charge in [0.1, 0.15) is 0 Å². The highest BCUT2D eigenvalue weighted by Crippen LogP contribution is 2.44. The molecule has 25 heavy (non-hydrogen) atoms. The fourth-order valence-electron chi connectivity index (χ4n) is 4.39. The number of piperidine rings is 1. The first-order valence-electron chi connectivity index (χ1n) is 9.95. The fourth-order valence-corrected chi connectivity index (χ4v) is 4.39. The molecule has 2 saturated heterocycles. The Bertz CT molecular complexity index is 559. The van der Waals surface area contributed by atoms with Gasteiger partial charge in [-0.2, -0.15) is 0 Å². The van der Waals surface area contributed by atoms with Crippen molar-refractivity contribution in [3.05, 3.63) is 35.9 Å². The molecule has 0 radical (unpaired) electrons. The summed E-state index contributed by atoms with van der Waals surface area (Å²) in [4.78, 5) is 17.9. The molecule has 1 aromatic carbocycles. The zero-order valence-electron chi connectivity index (χ0n) is 15.1. The Morgan fingerprint density at radius 2 is 1.68 bits per heavy atom. The van der Waals surface area contributed by atoms with E-state index in [1.807, 2.05) is 6.07 Å². The molecule has 0 spiro atoms. The smallest absolute Gasteiger partial charge is 0.230 e. The summed E-state index contributed by atoms with van der Waals surface area (Å²) in [6.45, 7) is 6.92. The number of amides is 1. The van der Waals surface area contributed by atoms with Crippen LogP contribution in [0.1, 0.15) is 37.2 Å². The normalized spacial score (nSPS) is 24.2. The number of hydrogen-bond acceptors (Lipinski definition) is 3. The Morgan fingerprint density at radius 3 is 2.32 bits per heavy atom. The van der Waals surface area contributed by atoms with Crippen molar-refractivity contribution in [1.29, 1.82) is 0 Å². The number of nitrogens with zero attached hydrogens (tertiary/aromatic N) is 2. The van der Waals surface area contributed by atoms with Crippen LogP contribution in [0.5, 0.6) is 0 Å². The quantitative estimate of drug-likeness (QED) is 0.825. The van der Waals surface area contributed by atoms with Gasteiger partial charge in [0.25, 0.3) is 0 Å². The van der Waals surface area contributed by atoms with Gasteiger partial charge in [0.2, 0.25) is 5.91 Å². The van der Waals surface area contributed by atoms with Crippen molar-refractivity contribution < 1.29 is 9.53 Å². The maximum Gasteiger partial charge on any atom is 0.230 e. The lowest BCUT2D eigenvalue weighted by atomic mass is 9.90. The predicted octanol–water partition coefficient (Wildman–Crippen LogP) is 2.75. The van der Waals surface area contributed by atoms with E-state index in [-0.39, 0.29) is 5.92 Å². The van der Waals surface area contributed by atoms with E-state index in [1.54, 1.807) is 0 Å². The van der Waals surface area contributed by atoms with Crippen molar-refractivity contribution >= 4 is 5.91 Å². The van der Waals surface area contributed by atoms with Crippen LogP contribution in [0, 0.1) is 11.8 Å². The molecule has 1 amide bonds. The molecule has 1 unspecified atom stereocenters. The third-order valence-electron chi connectivity index (χ3n) is 6.06. The molecule has 4 rings (SSSR count). The number of ether oxygens (including phenoxy) is 1. The molecule has 1 aliphatic carbocycles. The summed E-state index contributed by atoms with van der Waals surface area (Å²) in [6.07, 6.45) is 4.71. The summed E-state index contributed by atoms with van der Waals surface area (Å²) in [7, 11) is 0. The number of morpholine rings is 1. The Kier molecular flexibility index (Phi) is 5.37. The van der Waals surface area contributed by atoms with Crippen LogP contribution in [0.2, 0.25) is 0 Å². The van der Waals surface area contributed by atoms with E-state index in [2.05, 4.69) is 34.1 Å². The van der Waals surface area contributed by atoms with Gasteiger partial charge in [-0.3, -0.25) is 9.69 Å². The van der Waals surface area contributed by atoms with Crippen molar-refractivity contribution in [3.63, 3.8) is 0 Å². The van der Waals surface area contributed by atoms with Crippen LogP contribution in [0.4, 0.5) is 0 Å². The molecule has 0 bridgehead atoms. The van der Waals surface area contributed by atoms with Crippen LogP contribution < -0.4 is 0 Å². The molecule has 0 aromatic heterocycles. The van der Waals surface area contributed by atoms with E-state index in [4.69, 9.17) is 4.74 Å². The minimum Gasteiger partial charge on any atom is -0.379 e. The van der Waals surface area contributed by atoms with Crippen molar-refractivity contribution in [2.45, 2.75) is 31.6 Å². The summed E-state index contributed by atoms with van der Waals surface area (Å²) in [5, 5.41) is 0. The molecular formula is C21H30N2O2. The summed E-state index contributed by atoms with van der Waals surface area (Å²) in [5.41, 5.74) is 1.21. The Hall–Kier alpha value is -1.39. The van der Waals surface area contributed by atoms with Gasteiger partial charge < -0.3 is 9.64 Å². The number of carbonyl (C=O) groups excluding carboxylic acids is 1. The molecular weight excluding hydrogens is 312 g/mol. The van der Waals surface area contributed by atoms with E-state index in [0.717, 1.165) is 58.2 Å². The van der Waals surface area contributed by atoms with Crippen LogP contribution >= 0.6 is 0 Å². The van der Waals surface area contributed by atoms with Gasteiger partial charge >= 0.3 is 0 Å². The van der Waals surface area contributed by atoms with Gasteiger partial charge in [0.15, 0.2) is 0 Å². The number of likely N-dealkylation sites (tertiary alicyclic amines) is 1. The molecule has 1 atom stereocenters. The van der Waals surface area contributed by atoms with E-state index in [0.29, 0.717) is 11.8 Å². The number of benzene rings is 1. The van der Waals surface area contributed by atoms with Gasteiger partial charge in [-0.15, -0.1) is 0 Å². The number of rotatable bonds is 5. The predicted molar refractivity (Wildman–Crippen MR) is 98.5 cm³/mol. The summed E-state index contributed by atoms with van der Waals surface area (Å²) in [6, 6.07) is 10.4. The van der Waals surface area contributed by atoms with Crippen molar-refractivity contribution in [2.24, 2.45) is 11.8 Å². The minimum atomic E-state index is 0.0944. The molecule has 2 aliphatic heterocycles. The Balaban J connectivity index is 1.32. The summed E-state index contributed by atoms with van der Waals surface area (Å²) >= 11 is 0. The highest BCUT2D eigenvalue weighted by atomic mass is 16.5. The fraction of sp³-hybridized carbons (Fsp3) is 0.667. The minimum absolute atomic E-state index is 0.0944. The molecule has 0 N–H and O–H groups in total. The second kappa shape index (κ2) is 7.88. The molecule has 136 valence electrons. The van der Waals surface area contributed by atoms with Crippen LogP contribution in [0.3, 0.4) is 0 Å². The topological polar surface area (TPSA) is 32.8 Å². The molecule has 2 heterocycles. The van der Waals surface area contributed by atoms with Crippen LogP contribution in [-0.4, -0.2) is 61.6 Å². The van der Waals surface area contributed by atoms with Gasteiger partial charge in [0, 0.05) is 32.7 Å². The zero-order valence-corrected chi connectivity index (χ0v) is 15.1. The maximum atomic E-state index is 13.2. The Labute approximate surface area is 151 Å². The van der Waals surface area contributed by atoms with E-state index in [9.17, 15) is 4.79 Å². The lowest BCUT2D eigenvalue weighted by Crippen LogP contribution is -2.45. The first kappa shape index (κ1) is 17.0. The van der Waals surface area contributed by atoms with Gasteiger partial charge in [-0.1, -0.05) is 30.3 Å². The summed E-state index contributed by atoms with van der Waals surface area (Å²) < 4.78 is 5.44. The van der Waals surface area contributed by atoms with Crippen molar-refractivity contribution in [2.75, 3.05) is 45.9 Å². The SMILES string of the molecule is O=C(C(c1ccccc1)C1CC1)N1CCC(CN2CCOCC2)CC1. The van der Waals surface area contributed by atoms with E-state index >= 15 is 0 Å². The highest BCUT2D eigenvalue weighted by molar-refractivity contribution is 5.84. The van der Waals surface area contributed by atoms with Gasteiger partial charge in [0.05, 0.1) is 19.1 Å². The van der Waals surface area contributed by atoms with Crippen LogP contribution in [0.15, 0.2) is 30.3 Å². The average molecular weight is 342 g/mol. The lowest BCUT2D eigenvalue weighted by molar-refractivity contribution is -0.134. The molecule has 1 saturated carbocycles.